The summed E-state index contributed by atoms with van der Waals surface area (Å²) in [6.45, 7) is 4.09. The van der Waals surface area contributed by atoms with Crippen LogP contribution in [0.4, 0.5) is 0 Å². The van der Waals surface area contributed by atoms with Gasteiger partial charge in [0.2, 0.25) is 0 Å². The number of hydrogen-bond donors (Lipinski definition) is 0. The first kappa shape index (κ1) is 21.9. The third-order valence-electron chi connectivity index (χ3n) is 7.42. The predicted octanol–water partition coefficient (Wildman–Crippen LogP) is 7.07. The van der Waals surface area contributed by atoms with Crippen molar-refractivity contribution in [1.82, 2.24) is 9.47 Å². The molecule has 2 nitrogen and oxygen atoms in total. The van der Waals surface area contributed by atoms with Crippen LogP contribution in [0, 0.1) is 0 Å². The Kier molecular flexibility index (Phi) is 6.21. The minimum atomic E-state index is 0.440. The lowest BCUT2D eigenvalue weighted by Gasteiger charge is -2.26. The smallest absolute Gasteiger partial charge is 0.0488 e. The molecular weight excluding hydrogens is 424 g/mol. The minimum Gasteiger partial charge on any atom is -0.340 e. The highest BCUT2D eigenvalue weighted by molar-refractivity contribution is 5.86. The Hall–Kier alpha value is -3.62. The molecule has 2 heterocycles. The second kappa shape index (κ2) is 9.93. The molecule has 1 atom stereocenters. The minimum absolute atomic E-state index is 0.440. The maximum Gasteiger partial charge on any atom is 0.0488 e. The Bertz CT molecular complexity index is 1390. The number of benzene rings is 4. The molecule has 1 aliphatic rings. The summed E-state index contributed by atoms with van der Waals surface area (Å²) in [6.07, 6.45) is 2.15. The van der Waals surface area contributed by atoms with Gasteiger partial charge >= 0.3 is 0 Å². The zero-order chi connectivity index (χ0) is 23.5. The average Bonchev–Trinajstić information content (AvgIpc) is 3.10. The molecule has 35 heavy (non-hydrogen) atoms. The van der Waals surface area contributed by atoms with E-state index in [0.717, 1.165) is 39.0 Å². The molecular formula is C33H32N2. The van der Waals surface area contributed by atoms with Crippen LogP contribution in [-0.4, -0.2) is 22.6 Å². The van der Waals surface area contributed by atoms with Crippen molar-refractivity contribution in [3.8, 4) is 0 Å². The van der Waals surface area contributed by atoms with E-state index in [2.05, 4.69) is 125 Å². The first-order valence-electron chi connectivity index (χ1n) is 12.8. The molecule has 0 spiro atoms. The third-order valence-corrected chi connectivity index (χ3v) is 7.42. The molecule has 174 valence electrons. The van der Waals surface area contributed by atoms with Crippen molar-refractivity contribution >= 4 is 10.9 Å². The molecule has 4 aromatic carbocycles. The van der Waals surface area contributed by atoms with Gasteiger partial charge in [0.05, 0.1) is 0 Å². The molecule has 0 bridgehead atoms. The Morgan fingerprint density at radius 2 is 1.17 bits per heavy atom. The molecule has 1 unspecified atom stereocenters. The van der Waals surface area contributed by atoms with Crippen molar-refractivity contribution in [2.45, 2.75) is 31.8 Å². The summed E-state index contributed by atoms with van der Waals surface area (Å²) < 4.78 is 2.62. The monoisotopic (exact) mass is 456 g/mol. The molecule has 2 heteroatoms. The molecule has 0 radical (unpaired) electrons. The van der Waals surface area contributed by atoms with Gasteiger partial charge in [-0.15, -0.1) is 0 Å². The largest absolute Gasteiger partial charge is 0.340 e. The summed E-state index contributed by atoms with van der Waals surface area (Å²) in [5.41, 5.74) is 8.63. The molecule has 0 saturated carbocycles. The molecule has 0 saturated heterocycles. The number of para-hydroxylation sites is 1. The van der Waals surface area contributed by atoms with Crippen LogP contribution in [-0.2, 0) is 25.9 Å². The second-order valence-corrected chi connectivity index (χ2v) is 9.81. The Balaban J connectivity index is 1.45. The highest BCUT2D eigenvalue weighted by atomic mass is 15.1. The maximum absolute atomic E-state index is 2.67. The fourth-order valence-corrected chi connectivity index (χ4v) is 5.87. The molecule has 0 fully saturated rings. The van der Waals surface area contributed by atoms with Gasteiger partial charge in [0, 0.05) is 48.7 Å². The van der Waals surface area contributed by atoms with Gasteiger partial charge < -0.3 is 4.57 Å². The van der Waals surface area contributed by atoms with Crippen molar-refractivity contribution in [3.05, 3.63) is 143 Å². The Morgan fingerprint density at radius 1 is 0.600 bits per heavy atom. The second-order valence-electron chi connectivity index (χ2n) is 9.81. The van der Waals surface area contributed by atoms with E-state index in [9.17, 15) is 0 Å². The molecule has 0 N–H and O–H groups in total. The van der Waals surface area contributed by atoms with E-state index < -0.39 is 0 Å². The van der Waals surface area contributed by atoms with Crippen LogP contribution in [0.1, 0.15) is 33.9 Å². The van der Waals surface area contributed by atoms with Gasteiger partial charge in [0.15, 0.2) is 0 Å². The molecule has 5 aromatic rings. The van der Waals surface area contributed by atoms with Gasteiger partial charge in [-0.1, -0.05) is 109 Å². The topological polar surface area (TPSA) is 8.17 Å². The van der Waals surface area contributed by atoms with Gasteiger partial charge in [0.1, 0.15) is 0 Å². The maximum atomic E-state index is 2.67. The quantitative estimate of drug-likeness (QED) is 0.265. The number of nitrogens with zero attached hydrogens (tertiary/aromatic N) is 2. The van der Waals surface area contributed by atoms with E-state index in [1.807, 2.05) is 0 Å². The van der Waals surface area contributed by atoms with E-state index in [-0.39, 0.29) is 0 Å². The van der Waals surface area contributed by atoms with Gasteiger partial charge in [-0.25, -0.2) is 0 Å². The molecule has 1 aromatic heterocycles. The van der Waals surface area contributed by atoms with Crippen LogP contribution in [0.3, 0.4) is 0 Å². The van der Waals surface area contributed by atoms with Crippen molar-refractivity contribution in [1.29, 1.82) is 0 Å². The number of rotatable bonds is 6. The fourth-order valence-electron chi connectivity index (χ4n) is 5.87. The van der Waals surface area contributed by atoms with E-state index >= 15 is 0 Å². The van der Waals surface area contributed by atoms with Gasteiger partial charge in [-0.05, 0) is 41.2 Å². The van der Waals surface area contributed by atoms with Crippen molar-refractivity contribution in [3.63, 3.8) is 0 Å². The lowest BCUT2D eigenvalue weighted by Crippen LogP contribution is -2.29. The first-order chi connectivity index (χ1) is 17.3. The van der Waals surface area contributed by atoms with Crippen LogP contribution in [0.5, 0.6) is 0 Å². The third kappa shape index (κ3) is 4.67. The van der Waals surface area contributed by atoms with Crippen molar-refractivity contribution < 1.29 is 0 Å². The summed E-state index contributed by atoms with van der Waals surface area (Å²) in [4.78, 5) is 2.67. The molecule has 1 aliphatic heterocycles. The summed E-state index contributed by atoms with van der Waals surface area (Å²) in [5.74, 6) is 0.440. The van der Waals surface area contributed by atoms with Crippen LogP contribution in [0.2, 0.25) is 0 Å². The van der Waals surface area contributed by atoms with Gasteiger partial charge in [-0.2, -0.15) is 0 Å². The lowest BCUT2D eigenvalue weighted by molar-refractivity contribution is 0.256. The van der Waals surface area contributed by atoms with Gasteiger partial charge in [-0.3, -0.25) is 4.90 Å². The standard InChI is InChI=1S/C33H32N2/c1-4-12-26(13-5-1)22-29-25-34(23-27-14-6-2-7-15-27)21-20-31-30-18-10-11-19-32(30)35(33(29)31)24-28-16-8-3-9-17-28/h1-19,29H,20-25H2. The number of hydrogen-bond acceptors (Lipinski definition) is 1. The number of aromatic nitrogens is 1. The highest BCUT2D eigenvalue weighted by Crippen LogP contribution is 2.37. The SMILES string of the molecule is c1ccc(CC2CN(Cc3ccccc3)CCc3c2n(Cc2ccccc2)c2ccccc32)cc1. The van der Waals surface area contributed by atoms with E-state index in [0.29, 0.717) is 5.92 Å². The van der Waals surface area contributed by atoms with Crippen LogP contribution >= 0.6 is 0 Å². The normalized spacial score (nSPS) is 16.2. The first-order valence-corrected chi connectivity index (χ1v) is 12.8. The highest BCUT2D eigenvalue weighted by Gasteiger charge is 2.29. The van der Waals surface area contributed by atoms with Gasteiger partial charge in [0.25, 0.3) is 0 Å². The number of fused-ring (bicyclic) bond motifs is 3. The predicted molar refractivity (Wildman–Crippen MR) is 146 cm³/mol. The zero-order valence-electron chi connectivity index (χ0n) is 20.2. The summed E-state index contributed by atoms with van der Waals surface area (Å²) in [6, 6.07) is 42.0. The summed E-state index contributed by atoms with van der Waals surface area (Å²) >= 11 is 0. The summed E-state index contributed by atoms with van der Waals surface area (Å²) in [5, 5.41) is 1.43. The fraction of sp³-hybridized carbons (Fsp3) is 0.212. The van der Waals surface area contributed by atoms with Crippen LogP contribution in [0.15, 0.2) is 115 Å². The van der Waals surface area contributed by atoms with E-state index in [1.54, 1.807) is 5.56 Å². The van der Waals surface area contributed by atoms with E-state index in [4.69, 9.17) is 0 Å². The molecule has 6 rings (SSSR count). The summed E-state index contributed by atoms with van der Waals surface area (Å²) in [7, 11) is 0. The van der Waals surface area contributed by atoms with E-state index in [1.165, 1.54) is 33.3 Å². The van der Waals surface area contributed by atoms with Crippen molar-refractivity contribution in [2.24, 2.45) is 0 Å². The Morgan fingerprint density at radius 3 is 1.86 bits per heavy atom. The zero-order valence-corrected chi connectivity index (χ0v) is 20.2. The Labute approximate surface area is 208 Å². The lowest BCUT2D eigenvalue weighted by atomic mass is 9.92. The molecule has 0 amide bonds. The van der Waals surface area contributed by atoms with Crippen LogP contribution < -0.4 is 0 Å². The average molecular weight is 457 g/mol. The molecule has 0 aliphatic carbocycles. The van der Waals surface area contributed by atoms with Crippen molar-refractivity contribution in [2.75, 3.05) is 13.1 Å². The van der Waals surface area contributed by atoms with Crippen LogP contribution in [0.25, 0.3) is 10.9 Å².